The van der Waals surface area contributed by atoms with Crippen LogP contribution in [0.3, 0.4) is 0 Å². The van der Waals surface area contributed by atoms with Gasteiger partial charge in [-0.15, -0.1) is 0 Å². The molecule has 0 aliphatic heterocycles. The summed E-state index contributed by atoms with van der Waals surface area (Å²) in [4.78, 5) is 0. The van der Waals surface area contributed by atoms with Crippen molar-refractivity contribution in [2.45, 2.75) is 0 Å². The van der Waals surface area contributed by atoms with Crippen LogP contribution >= 0.6 is 0 Å². The van der Waals surface area contributed by atoms with Gasteiger partial charge < -0.3 is 0 Å². The molecule has 0 unspecified atom stereocenters. The third kappa shape index (κ3) is 1.61. The highest BCUT2D eigenvalue weighted by Gasteiger charge is 2.05. The Morgan fingerprint density at radius 1 is 0.455 bits per heavy atom. The molecule has 0 aliphatic rings. The Kier molecular flexibility index (Phi) is 2.25. The van der Waals surface area contributed by atoms with E-state index in [0.29, 0.717) is 0 Å². The first-order valence-electron chi connectivity index (χ1n) is 7.34. The maximum Gasteiger partial charge on any atom is 0.0574 e. The molecule has 5 rings (SSSR count). The first-order valence-corrected chi connectivity index (χ1v) is 7.34. The lowest BCUT2D eigenvalue weighted by molar-refractivity contribution is 1.05. The first kappa shape index (κ1) is 11.6. The molecule has 0 N–H and O–H groups in total. The molecule has 0 radical (unpaired) electrons. The topological polar surface area (TPSA) is 25.8 Å². The monoisotopic (exact) mass is 280 g/mol. The average molecular weight is 280 g/mol. The number of aromatic nitrogens is 2. The highest BCUT2D eigenvalue weighted by atomic mass is 15.1. The molecule has 1 aromatic heterocycles. The molecular formula is C20H12N2. The number of rotatable bonds is 0. The summed E-state index contributed by atoms with van der Waals surface area (Å²) >= 11 is 0. The van der Waals surface area contributed by atoms with E-state index in [1.54, 1.807) is 0 Å². The van der Waals surface area contributed by atoms with Gasteiger partial charge in [0.05, 0.1) is 12.4 Å². The second-order valence-electron chi connectivity index (χ2n) is 5.68. The summed E-state index contributed by atoms with van der Waals surface area (Å²) in [6, 6.07) is 21.8. The fraction of sp³-hybridized carbons (Fsp3) is 0. The molecule has 5 aromatic rings. The predicted octanol–water partition coefficient (Wildman–Crippen LogP) is 5.09. The lowest BCUT2D eigenvalue weighted by Gasteiger charge is -2.08. The maximum atomic E-state index is 4.00. The van der Waals surface area contributed by atoms with Crippen molar-refractivity contribution in [2.24, 2.45) is 0 Å². The molecule has 0 fully saturated rings. The summed E-state index contributed by atoms with van der Waals surface area (Å²) in [5.74, 6) is 0. The number of hydrogen-bond acceptors (Lipinski definition) is 2. The van der Waals surface area contributed by atoms with Crippen LogP contribution < -0.4 is 0 Å². The van der Waals surface area contributed by atoms with E-state index < -0.39 is 0 Å². The van der Waals surface area contributed by atoms with Crippen LogP contribution in [0.25, 0.3) is 43.1 Å². The summed E-state index contributed by atoms with van der Waals surface area (Å²) in [6.07, 6.45) is 3.65. The van der Waals surface area contributed by atoms with Crippen molar-refractivity contribution in [1.82, 2.24) is 10.2 Å². The van der Waals surface area contributed by atoms with E-state index in [-0.39, 0.29) is 0 Å². The SMILES string of the molecule is c1ccc2cc3c(ccc4cc5cnncc5cc43)cc2c1. The van der Waals surface area contributed by atoms with E-state index >= 15 is 0 Å². The normalized spacial score (nSPS) is 11.6. The predicted molar refractivity (Wildman–Crippen MR) is 92.1 cm³/mol. The van der Waals surface area contributed by atoms with Crippen molar-refractivity contribution in [2.75, 3.05) is 0 Å². The quantitative estimate of drug-likeness (QED) is 0.292. The Morgan fingerprint density at radius 2 is 0.955 bits per heavy atom. The molecule has 0 amide bonds. The minimum atomic E-state index is 1.13. The number of fused-ring (bicyclic) bond motifs is 5. The van der Waals surface area contributed by atoms with Gasteiger partial charge in [0, 0.05) is 10.8 Å². The smallest absolute Gasteiger partial charge is 0.0574 e. The Labute approximate surface area is 127 Å². The summed E-state index contributed by atoms with van der Waals surface area (Å²) in [5.41, 5.74) is 0. The molecule has 0 saturated heterocycles. The molecule has 0 bridgehead atoms. The molecule has 4 aromatic carbocycles. The lowest BCUT2D eigenvalue weighted by Crippen LogP contribution is -1.83. The van der Waals surface area contributed by atoms with Gasteiger partial charge >= 0.3 is 0 Å². The zero-order valence-corrected chi connectivity index (χ0v) is 11.8. The standard InChI is InChI=1S/C20H12N2/c1-2-4-14-9-19-15(7-13(14)3-1)5-6-16-8-17-11-21-22-12-18(17)10-20(16)19/h1-12H. The molecule has 0 saturated carbocycles. The van der Waals surface area contributed by atoms with Gasteiger partial charge in [0.1, 0.15) is 0 Å². The van der Waals surface area contributed by atoms with E-state index in [1.165, 1.54) is 32.3 Å². The minimum absolute atomic E-state index is 1.13. The summed E-state index contributed by atoms with van der Waals surface area (Å²) in [5, 5.41) is 17.8. The van der Waals surface area contributed by atoms with Crippen LogP contribution in [0.15, 0.2) is 73.1 Å². The highest BCUT2D eigenvalue weighted by Crippen LogP contribution is 2.31. The van der Waals surface area contributed by atoms with Gasteiger partial charge in [0.2, 0.25) is 0 Å². The molecule has 22 heavy (non-hydrogen) atoms. The van der Waals surface area contributed by atoms with Crippen molar-refractivity contribution < 1.29 is 0 Å². The van der Waals surface area contributed by atoms with Crippen molar-refractivity contribution >= 4 is 43.1 Å². The molecular weight excluding hydrogens is 268 g/mol. The van der Waals surface area contributed by atoms with Gasteiger partial charge in [-0.1, -0.05) is 36.4 Å². The fourth-order valence-electron chi connectivity index (χ4n) is 3.25. The Hall–Kier alpha value is -3.00. The van der Waals surface area contributed by atoms with Crippen LogP contribution in [-0.4, -0.2) is 10.2 Å². The van der Waals surface area contributed by atoms with Crippen LogP contribution in [-0.2, 0) is 0 Å². The van der Waals surface area contributed by atoms with Crippen molar-refractivity contribution in [3.05, 3.63) is 73.1 Å². The van der Waals surface area contributed by atoms with Crippen molar-refractivity contribution in [3.63, 3.8) is 0 Å². The van der Waals surface area contributed by atoms with E-state index in [4.69, 9.17) is 0 Å². The van der Waals surface area contributed by atoms with Crippen LogP contribution in [0.2, 0.25) is 0 Å². The van der Waals surface area contributed by atoms with Crippen molar-refractivity contribution in [3.8, 4) is 0 Å². The molecule has 0 atom stereocenters. The third-order valence-electron chi connectivity index (χ3n) is 4.37. The van der Waals surface area contributed by atoms with E-state index in [9.17, 15) is 0 Å². The van der Waals surface area contributed by atoms with E-state index in [1.807, 2.05) is 12.4 Å². The molecule has 0 aliphatic carbocycles. The van der Waals surface area contributed by atoms with Gasteiger partial charge in [-0.3, -0.25) is 0 Å². The maximum absolute atomic E-state index is 4.00. The Morgan fingerprint density at radius 3 is 1.64 bits per heavy atom. The van der Waals surface area contributed by atoms with Crippen LogP contribution in [0.5, 0.6) is 0 Å². The Bertz CT molecular complexity index is 1080. The van der Waals surface area contributed by atoms with E-state index in [0.717, 1.165) is 10.8 Å². The molecule has 2 nitrogen and oxygen atoms in total. The number of benzene rings is 4. The van der Waals surface area contributed by atoms with Crippen molar-refractivity contribution in [1.29, 1.82) is 0 Å². The Balaban J connectivity index is 2.00. The number of hydrogen-bond donors (Lipinski definition) is 0. The fourth-order valence-corrected chi connectivity index (χ4v) is 3.25. The van der Waals surface area contributed by atoms with Gasteiger partial charge in [-0.2, -0.15) is 10.2 Å². The average Bonchev–Trinajstić information content (AvgIpc) is 2.58. The van der Waals surface area contributed by atoms with Gasteiger partial charge in [0.15, 0.2) is 0 Å². The third-order valence-corrected chi connectivity index (χ3v) is 4.37. The summed E-state index contributed by atoms with van der Waals surface area (Å²) in [6.45, 7) is 0. The largest absolute Gasteiger partial charge is 0.158 e. The second kappa shape index (κ2) is 4.25. The van der Waals surface area contributed by atoms with Crippen LogP contribution in [0, 0.1) is 0 Å². The molecule has 102 valence electrons. The zero-order chi connectivity index (χ0) is 14.5. The van der Waals surface area contributed by atoms with Crippen LogP contribution in [0.1, 0.15) is 0 Å². The first-order chi connectivity index (χ1) is 10.9. The van der Waals surface area contributed by atoms with Gasteiger partial charge in [-0.25, -0.2) is 0 Å². The summed E-state index contributed by atoms with van der Waals surface area (Å²) in [7, 11) is 0. The highest BCUT2D eigenvalue weighted by molar-refractivity contribution is 6.15. The number of nitrogens with zero attached hydrogens (tertiary/aromatic N) is 2. The molecule has 0 spiro atoms. The molecule has 1 heterocycles. The van der Waals surface area contributed by atoms with Crippen LogP contribution in [0.4, 0.5) is 0 Å². The minimum Gasteiger partial charge on any atom is -0.158 e. The second-order valence-corrected chi connectivity index (χ2v) is 5.68. The summed E-state index contributed by atoms with van der Waals surface area (Å²) < 4.78 is 0. The van der Waals surface area contributed by atoms with Gasteiger partial charge in [-0.05, 0) is 56.6 Å². The zero-order valence-electron chi connectivity index (χ0n) is 11.8. The van der Waals surface area contributed by atoms with E-state index in [2.05, 4.69) is 70.9 Å². The van der Waals surface area contributed by atoms with Gasteiger partial charge in [0.25, 0.3) is 0 Å². The lowest BCUT2D eigenvalue weighted by atomic mass is 9.97. The molecule has 2 heteroatoms.